The summed E-state index contributed by atoms with van der Waals surface area (Å²) in [6, 6.07) is 5.28. The monoisotopic (exact) mass is 293 g/mol. The highest BCUT2D eigenvalue weighted by molar-refractivity contribution is 6.01. The lowest BCUT2D eigenvalue weighted by Crippen LogP contribution is -2.39. The Morgan fingerprint density at radius 1 is 1.38 bits per heavy atom. The lowest BCUT2D eigenvalue weighted by atomic mass is 10.1. The van der Waals surface area contributed by atoms with Crippen LogP contribution in [0.5, 0.6) is 0 Å². The molecule has 0 fully saturated rings. The summed E-state index contributed by atoms with van der Waals surface area (Å²) in [6.45, 7) is 2.96. The number of hydrogen-bond acceptors (Lipinski definition) is 4. The Morgan fingerprint density at radius 2 is 2.10 bits per heavy atom. The molecule has 1 rings (SSSR count). The fraction of sp³-hybridized carbons (Fsp3) is 0.467. The molecule has 0 bridgehead atoms. The molecule has 0 spiro atoms. The van der Waals surface area contributed by atoms with E-state index in [-0.39, 0.29) is 18.4 Å². The van der Waals surface area contributed by atoms with Gasteiger partial charge in [-0.05, 0) is 25.0 Å². The maximum Gasteiger partial charge on any atom is 0.256 e. The van der Waals surface area contributed by atoms with Crippen molar-refractivity contribution in [1.29, 1.82) is 0 Å². The van der Waals surface area contributed by atoms with Crippen LogP contribution in [0.2, 0.25) is 0 Å². The maximum atomic E-state index is 12.3. The number of nitrogen functional groups attached to an aromatic ring is 1. The van der Waals surface area contributed by atoms with Crippen LogP contribution in [-0.2, 0) is 9.53 Å². The number of para-hydroxylation sites is 1. The molecule has 0 aliphatic carbocycles. The fourth-order valence-electron chi connectivity index (χ4n) is 1.86. The number of anilines is 1. The molecule has 6 heteroatoms. The molecule has 1 aromatic carbocycles. The van der Waals surface area contributed by atoms with Crippen LogP contribution < -0.4 is 11.1 Å². The van der Waals surface area contributed by atoms with Gasteiger partial charge in [0.05, 0.1) is 12.1 Å². The Hall–Kier alpha value is -2.08. The van der Waals surface area contributed by atoms with Crippen LogP contribution in [0.4, 0.5) is 5.69 Å². The van der Waals surface area contributed by atoms with Gasteiger partial charge in [0.15, 0.2) is 0 Å². The number of carbonyl (C=O) groups excluding carboxylic acids is 2. The highest BCUT2D eigenvalue weighted by atomic mass is 16.5. The fourth-order valence-corrected chi connectivity index (χ4v) is 1.86. The highest BCUT2D eigenvalue weighted by Gasteiger charge is 2.17. The lowest BCUT2D eigenvalue weighted by Gasteiger charge is -2.18. The third-order valence-electron chi connectivity index (χ3n) is 3.13. The number of nitrogens with two attached hydrogens (primary N) is 1. The molecular formula is C15H23N3O3. The average molecular weight is 293 g/mol. The predicted octanol–water partition coefficient (Wildman–Crippen LogP) is 0.802. The van der Waals surface area contributed by atoms with Crippen LogP contribution in [0.3, 0.4) is 0 Å². The van der Waals surface area contributed by atoms with E-state index in [2.05, 4.69) is 5.32 Å². The number of nitrogens with zero attached hydrogens (tertiary/aromatic N) is 1. The van der Waals surface area contributed by atoms with Gasteiger partial charge >= 0.3 is 0 Å². The van der Waals surface area contributed by atoms with Gasteiger partial charge in [0.1, 0.15) is 0 Å². The zero-order chi connectivity index (χ0) is 15.8. The van der Waals surface area contributed by atoms with Gasteiger partial charge in [-0.3, -0.25) is 9.59 Å². The van der Waals surface area contributed by atoms with Gasteiger partial charge < -0.3 is 20.7 Å². The van der Waals surface area contributed by atoms with Crippen LogP contribution in [0.25, 0.3) is 0 Å². The molecule has 1 aromatic rings. The Bertz CT molecular complexity index is 503. The summed E-state index contributed by atoms with van der Waals surface area (Å²) < 4.78 is 4.90. The van der Waals surface area contributed by atoms with Crippen molar-refractivity contribution in [3.8, 4) is 0 Å². The number of carbonyl (C=O) groups is 2. The van der Waals surface area contributed by atoms with Crippen molar-refractivity contribution >= 4 is 17.5 Å². The molecule has 0 atom stereocenters. The van der Waals surface area contributed by atoms with Crippen molar-refractivity contribution in [2.24, 2.45) is 0 Å². The number of benzene rings is 1. The Morgan fingerprint density at radius 3 is 2.76 bits per heavy atom. The minimum Gasteiger partial charge on any atom is -0.398 e. The van der Waals surface area contributed by atoms with Crippen molar-refractivity contribution in [2.45, 2.75) is 13.3 Å². The lowest BCUT2D eigenvalue weighted by molar-refractivity contribution is -0.121. The standard InChI is InChI=1S/C15H23N3O3/c1-11-6-4-7-12(14(11)16)15(20)18(2)10-13(19)17-8-5-9-21-3/h4,6-7H,5,8-10,16H2,1-3H3,(H,17,19). The second-order valence-electron chi connectivity index (χ2n) is 4.89. The summed E-state index contributed by atoms with van der Waals surface area (Å²) in [4.78, 5) is 25.4. The predicted molar refractivity (Wildman–Crippen MR) is 82.1 cm³/mol. The third kappa shape index (κ3) is 5.07. The average Bonchev–Trinajstić information content (AvgIpc) is 2.45. The van der Waals surface area contributed by atoms with Gasteiger partial charge in [0, 0.05) is 33.0 Å². The summed E-state index contributed by atoms with van der Waals surface area (Å²) in [5.74, 6) is -0.462. The minimum atomic E-state index is -0.261. The van der Waals surface area contributed by atoms with E-state index >= 15 is 0 Å². The Balaban J connectivity index is 2.55. The number of rotatable bonds is 7. The summed E-state index contributed by atoms with van der Waals surface area (Å²) >= 11 is 0. The number of likely N-dealkylation sites (N-methyl/N-ethyl adjacent to an activating group) is 1. The van der Waals surface area contributed by atoms with E-state index in [1.54, 1.807) is 26.3 Å². The SMILES string of the molecule is COCCCNC(=O)CN(C)C(=O)c1cccc(C)c1N. The molecule has 0 unspecified atom stereocenters. The molecule has 21 heavy (non-hydrogen) atoms. The molecule has 0 radical (unpaired) electrons. The largest absolute Gasteiger partial charge is 0.398 e. The molecule has 0 aliphatic heterocycles. The maximum absolute atomic E-state index is 12.3. The summed E-state index contributed by atoms with van der Waals surface area (Å²) in [7, 11) is 3.19. The topological polar surface area (TPSA) is 84.7 Å². The van der Waals surface area contributed by atoms with Crippen molar-refractivity contribution < 1.29 is 14.3 Å². The Kier molecular flexibility index (Phi) is 6.68. The zero-order valence-corrected chi connectivity index (χ0v) is 12.8. The van der Waals surface area contributed by atoms with Crippen LogP contribution in [0.15, 0.2) is 18.2 Å². The van der Waals surface area contributed by atoms with Crippen molar-refractivity contribution in [2.75, 3.05) is 39.6 Å². The number of hydrogen-bond donors (Lipinski definition) is 2. The van der Waals surface area contributed by atoms with Crippen molar-refractivity contribution in [3.63, 3.8) is 0 Å². The molecule has 0 heterocycles. The van der Waals surface area contributed by atoms with Crippen LogP contribution in [0, 0.1) is 6.92 Å². The molecule has 0 saturated heterocycles. The highest BCUT2D eigenvalue weighted by Crippen LogP contribution is 2.17. The summed E-state index contributed by atoms with van der Waals surface area (Å²) in [6.07, 6.45) is 0.741. The molecule has 3 N–H and O–H groups in total. The smallest absolute Gasteiger partial charge is 0.256 e. The Labute approximate surface area is 125 Å². The van der Waals surface area contributed by atoms with E-state index in [0.717, 1.165) is 12.0 Å². The first kappa shape index (κ1) is 17.0. The molecule has 0 aromatic heterocycles. The summed E-state index contributed by atoms with van der Waals surface area (Å²) in [5.41, 5.74) is 7.62. The minimum absolute atomic E-state index is 0.000796. The van der Waals surface area contributed by atoms with E-state index in [0.29, 0.717) is 24.4 Å². The van der Waals surface area contributed by atoms with E-state index < -0.39 is 0 Å². The number of nitrogens with one attached hydrogen (secondary N) is 1. The zero-order valence-electron chi connectivity index (χ0n) is 12.8. The number of ether oxygens (including phenoxy) is 1. The molecule has 2 amide bonds. The second-order valence-corrected chi connectivity index (χ2v) is 4.89. The van der Waals surface area contributed by atoms with E-state index in [4.69, 9.17) is 10.5 Å². The van der Waals surface area contributed by atoms with E-state index in [9.17, 15) is 9.59 Å². The first-order valence-corrected chi connectivity index (χ1v) is 6.83. The molecule has 116 valence electrons. The first-order valence-electron chi connectivity index (χ1n) is 6.83. The third-order valence-corrected chi connectivity index (χ3v) is 3.13. The van der Waals surface area contributed by atoms with Gasteiger partial charge in [-0.15, -0.1) is 0 Å². The molecular weight excluding hydrogens is 270 g/mol. The van der Waals surface area contributed by atoms with E-state index in [1.165, 1.54) is 4.90 Å². The van der Waals surface area contributed by atoms with Crippen LogP contribution >= 0.6 is 0 Å². The normalized spacial score (nSPS) is 10.2. The van der Waals surface area contributed by atoms with Crippen molar-refractivity contribution in [1.82, 2.24) is 10.2 Å². The molecule has 0 saturated carbocycles. The number of amides is 2. The van der Waals surface area contributed by atoms with Crippen LogP contribution in [-0.4, -0.2) is 50.6 Å². The number of methoxy groups -OCH3 is 1. The summed E-state index contributed by atoms with van der Waals surface area (Å²) in [5, 5.41) is 2.74. The van der Waals surface area contributed by atoms with E-state index in [1.807, 2.05) is 13.0 Å². The van der Waals surface area contributed by atoms with Crippen molar-refractivity contribution in [3.05, 3.63) is 29.3 Å². The van der Waals surface area contributed by atoms with Gasteiger partial charge in [0.25, 0.3) is 5.91 Å². The van der Waals surface area contributed by atoms with Gasteiger partial charge in [-0.1, -0.05) is 12.1 Å². The second kappa shape index (κ2) is 8.26. The van der Waals surface area contributed by atoms with Crippen LogP contribution in [0.1, 0.15) is 22.3 Å². The molecule has 0 aliphatic rings. The van der Waals surface area contributed by atoms with Gasteiger partial charge in [-0.25, -0.2) is 0 Å². The quantitative estimate of drug-likeness (QED) is 0.575. The number of aryl methyl sites for hydroxylation is 1. The molecule has 6 nitrogen and oxygen atoms in total. The van der Waals surface area contributed by atoms with Gasteiger partial charge in [-0.2, -0.15) is 0 Å². The first-order chi connectivity index (χ1) is 9.97. The van der Waals surface area contributed by atoms with Gasteiger partial charge in [0.2, 0.25) is 5.91 Å².